The van der Waals surface area contributed by atoms with Crippen LogP contribution in [0.3, 0.4) is 0 Å². The van der Waals surface area contributed by atoms with E-state index in [-0.39, 0.29) is 0 Å². The van der Waals surface area contributed by atoms with Gasteiger partial charge in [-0.15, -0.1) is 0 Å². The van der Waals surface area contributed by atoms with Crippen molar-refractivity contribution in [1.82, 2.24) is 9.97 Å². The van der Waals surface area contributed by atoms with E-state index in [2.05, 4.69) is 25.9 Å². The predicted octanol–water partition coefficient (Wildman–Crippen LogP) is 2.76. The molecule has 2 heterocycles. The Morgan fingerprint density at radius 2 is 2.36 bits per heavy atom. The standard InChI is InChI=1S/C7H5BrN2S/c1-4-10-6-2-5(8)3-9-7(6)11-4/h2-3H,1H3. The molecule has 0 aliphatic rings. The molecule has 0 fully saturated rings. The Kier molecular flexibility index (Phi) is 1.65. The van der Waals surface area contributed by atoms with Crippen molar-refractivity contribution in [3.8, 4) is 0 Å². The SMILES string of the molecule is Cc1nc2cc(Br)cnc2s1. The van der Waals surface area contributed by atoms with Gasteiger partial charge in [0.1, 0.15) is 10.3 Å². The molecule has 0 atom stereocenters. The Morgan fingerprint density at radius 1 is 1.55 bits per heavy atom. The Bertz CT molecular complexity index is 396. The third kappa shape index (κ3) is 1.28. The first kappa shape index (κ1) is 7.18. The number of halogens is 1. The van der Waals surface area contributed by atoms with Gasteiger partial charge in [-0.3, -0.25) is 0 Å². The van der Waals surface area contributed by atoms with E-state index in [1.54, 1.807) is 17.5 Å². The van der Waals surface area contributed by atoms with Crippen LogP contribution >= 0.6 is 27.3 Å². The van der Waals surface area contributed by atoms with Gasteiger partial charge >= 0.3 is 0 Å². The van der Waals surface area contributed by atoms with Crippen LogP contribution in [0.5, 0.6) is 0 Å². The first-order chi connectivity index (χ1) is 5.25. The molecule has 0 aliphatic heterocycles. The monoisotopic (exact) mass is 228 g/mol. The third-order valence-electron chi connectivity index (χ3n) is 1.32. The molecule has 0 N–H and O–H groups in total. The lowest BCUT2D eigenvalue weighted by Gasteiger charge is -1.86. The zero-order valence-corrected chi connectivity index (χ0v) is 8.24. The van der Waals surface area contributed by atoms with Crippen LogP contribution in [0.4, 0.5) is 0 Å². The van der Waals surface area contributed by atoms with Crippen molar-refractivity contribution in [1.29, 1.82) is 0 Å². The van der Waals surface area contributed by atoms with Gasteiger partial charge in [0.25, 0.3) is 0 Å². The van der Waals surface area contributed by atoms with Crippen molar-refractivity contribution in [2.45, 2.75) is 6.92 Å². The highest BCUT2D eigenvalue weighted by molar-refractivity contribution is 9.10. The van der Waals surface area contributed by atoms with Crippen LogP contribution in [0.15, 0.2) is 16.7 Å². The Labute approximate surface area is 76.4 Å². The molecule has 0 saturated carbocycles. The Hall–Kier alpha value is -0.480. The zero-order valence-electron chi connectivity index (χ0n) is 5.84. The van der Waals surface area contributed by atoms with Crippen molar-refractivity contribution in [3.63, 3.8) is 0 Å². The summed E-state index contributed by atoms with van der Waals surface area (Å²) in [5, 5.41) is 1.06. The lowest BCUT2D eigenvalue weighted by Crippen LogP contribution is -1.72. The number of aromatic nitrogens is 2. The molecular formula is C7H5BrN2S. The normalized spacial score (nSPS) is 10.7. The Balaban J connectivity index is 2.82. The lowest BCUT2D eigenvalue weighted by molar-refractivity contribution is 1.33. The number of rotatable bonds is 0. The Morgan fingerprint density at radius 3 is 3.18 bits per heavy atom. The average molecular weight is 229 g/mol. The zero-order chi connectivity index (χ0) is 7.84. The van der Waals surface area contributed by atoms with Crippen LogP contribution in [0.25, 0.3) is 10.3 Å². The van der Waals surface area contributed by atoms with Crippen LogP contribution in [0.2, 0.25) is 0 Å². The summed E-state index contributed by atoms with van der Waals surface area (Å²) >= 11 is 4.96. The number of nitrogens with zero attached hydrogens (tertiary/aromatic N) is 2. The largest absolute Gasteiger partial charge is 0.242 e. The molecule has 2 aromatic rings. The van der Waals surface area contributed by atoms with Crippen molar-refractivity contribution in [3.05, 3.63) is 21.7 Å². The van der Waals surface area contributed by atoms with Gasteiger partial charge in [-0.05, 0) is 28.9 Å². The topological polar surface area (TPSA) is 25.8 Å². The quantitative estimate of drug-likeness (QED) is 0.694. The summed E-state index contributed by atoms with van der Waals surface area (Å²) in [7, 11) is 0. The van der Waals surface area contributed by atoms with Crippen molar-refractivity contribution in [2.75, 3.05) is 0 Å². The molecule has 11 heavy (non-hydrogen) atoms. The minimum absolute atomic E-state index is 0.974. The molecule has 2 aromatic heterocycles. The van der Waals surface area contributed by atoms with E-state index < -0.39 is 0 Å². The van der Waals surface area contributed by atoms with Crippen LogP contribution in [-0.2, 0) is 0 Å². The number of fused-ring (bicyclic) bond motifs is 1. The van der Waals surface area contributed by atoms with E-state index in [1.807, 2.05) is 13.0 Å². The minimum Gasteiger partial charge on any atom is -0.242 e. The third-order valence-corrected chi connectivity index (χ3v) is 2.65. The maximum atomic E-state index is 4.30. The fourth-order valence-corrected chi connectivity index (χ4v) is 1.96. The van der Waals surface area contributed by atoms with Crippen molar-refractivity contribution < 1.29 is 0 Å². The van der Waals surface area contributed by atoms with Crippen LogP contribution in [0.1, 0.15) is 5.01 Å². The predicted molar refractivity (Wildman–Crippen MR) is 49.9 cm³/mol. The molecule has 0 aromatic carbocycles. The molecule has 4 heteroatoms. The molecule has 0 aliphatic carbocycles. The van der Waals surface area contributed by atoms with Gasteiger partial charge in [-0.1, -0.05) is 11.3 Å². The highest BCUT2D eigenvalue weighted by Gasteiger charge is 2.00. The van der Waals surface area contributed by atoms with E-state index in [0.717, 1.165) is 19.8 Å². The van der Waals surface area contributed by atoms with Crippen LogP contribution < -0.4 is 0 Å². The van der Waals surface area contributed by atoms with Gasteiger partial charge in [-0.2, -0.15) is 0 Å². The minimum atomic E-state index is 0.974. The summed E-state index contributed by atoms with van der Waals surface area (Å²) in [6, 6.07) is 1.98. The summed E-state index contributed by atoms with van der Waals surface area (Å²) in [6.45, 7) is 1.99. The van der Waals surface area contributed by atoms with Crippen LogP contribution in [-0.4, -0.2) is 9.97 Å². The fourth-order valence-electron chi connectivity index (χ4n) is 0.907. The molecule has 0 saturated heterocycles. The van der Waals surface area contributed by atoms with E-state index in [1.165, 1.54) is 0 Å². The van der Waals surface area contributed by atoms with Gasteiger partial charge in [0.2, 0.25) is 0 Å². The first-order valence-electron chi connectivity index (χ1n) is 3.14. The first-order valence-corrected chi connectivity index (χ1v) is 4.75. The fraction of sp³-hybridized carbons (Fsp3) is 0.143. The second-order valence-electron chi connectivity index (χ2n) is 2.21. The van der Waals surface area contributed by atoms with Gasteiger partial charge in [0, 0.05) is 10.7 Å². The lowest BCUT2D eigenvalue weighted by atomic mass is 10.5. The molecule has 0 unspecified atom stereocenters. The highest BCUT2D eigenvalue weighted by atomic mass is 79.9. The van der Waals surface area contributed by atoms with E-state index >= 15 is 0 Å². The summed E-state index contributed by atoms with van der Waals surface area (Å²) in [4.78, 5) is 9.52. The van der Waals surface area contributed by atoms with Crippen LogP contribution in [0, 0.1) is 6.92 Å². The maximum Gasteiger partial charge on any atom is 0.143 e. The van der Waals surface area contributed by atoms with Crippen molar-refractivity contribution >= 4 is 37.6 Å². The molecule has 56 valence electrons. The number of thiazole rings is 1. The van der Waals surface area contributed by atoms with E-state index in [4.69, 9.17) is 0 Å². The van der Waals surface area contributed by atoms with Gasteiger partial charge in [0.15, 0.2) is 0 Å². The second-order valence-corrected chi connectivity index (χ2v) is 4.31. The molecule has 0 bridgehead atoms. The van der Waals surface area contributed by atoms with E-state index in [0.29, 0.717) is 0 Å². The number of aryl methyl sites for hydroxylation is 1. The smallest absolute Gasteiger partial charge is 0.143 e. The van der Waals surface area contributed by atoms with Crippen molar-refractivity contribution in [2.24, 2.45) is 0 Å². The second kappa shape index (κ2) is 2.53. The molecular weight excluding hydrogens is 224 g/mol. The molecule has 0 spiro atoms. The van der Waals surface area contributed by atoms with Gasteiger partial charge < -0.3 is 0 Å². The van der Waals surface area contributed by atoms with E-state index in [9.17, 15) is 0 Å². The average Bonchev–Trinajstić information content (AvgIpc) is 2.27. The van der Waals surface area contributed by atoms with Gasteiger partial charge in [-0.25, -0.2) is 9.97 Å². The number of pyridine rings is 1. The summed E-state index contributed by atoms with van der Waals surface area (Å²) in [6.07, 6.45) is 1.79. The molecule has 2 rings (SSSR count). The number of hydrogen-bond acceptors (Lipinski definition) is 3. The molecule has 0 amide bonds. The molecule has 0 radical (unpaired) electrons. The van der Waals surface area contributed by atoms with Gasteiger partial charge in [0.05, 0.1) is 5.01 Å². The summed E-state index contributed by atoms with van der Waals surface area (Å²) in [5.74, 6) is 0. The molecule has 2 nitrogen and oxygen atoms in total. The number of hydrogen-bond donors (Lipinski definition) is 0. The summed E-state index contributed by atoms with van der Waals surface area (Å²) < 4.78 is 0.982. The summed E-state index contributed by atoms with van der Waals surface area (Å²) in [5.41, 5.74) is 0.974. The highest BCUT2D eigenvalue weighted by Crippen LogP contribution is 2.21. The maximum absolute atomic E-state index is 4.30.